The van der Waals surface area contributed by atoms with Gasteiger partial charge in [-0.1, -0.05) is 12.1 Å². The first-order valence-electron chi connectivity index (χ1n) is 13.8. The largest absolute Gasteiger partial charge is 0.490 e. The number of fused-ring (bicyclic) bond motifs is 2. The molecule has 0 saturated carbocycles. The van der Waals surface area contributed by atoms with Crippen LogP contribution in [0.25, 0.3) is 22.4 Å². The van der Waals surface area contributed by atoms with Crippen LogP contribution < -0.4 is 15.6 Å². The van der Waals surface area contributed by atoms with Crippen molar-refractivity contribution < 1.29 is 14.6 Å². The van der Waals surface area contributed by atoms with E-state index < -0.39 is 6.10 Å². The molecule has 1 atom stereocenters. The fourth-order valence-electron chi connectivity index (χ4n) is 5.63. The molecular weight excluding hydrogens is 540 g/mol. The number of thioether (sulfide) groups is 1. The Morgan fingerprint density at radius 3 is 2.80 bits per heavy atom. The molecule has 0 aliphatic carbocycles. The van der Waals surface area contributed by atoms with E-state index in [2.05, 4.69) is 27.2 Å². The van der Waals surface area contributed by atoms with E-state index in [9.17, 15) is 14.7 Å². The zero-order valence-electron chi connectivity index (χ0n) is 23.1. The number of H-pyrrole nitrogens is 2. The predicted molar refractivity (Wildman–Crippen MR) is 161 cm³/mol. The molecule has 1 fully saturated rings. The van der Waals surface area contributed by atoms with Crippen LogP contribution in [0.1, 0.15) is 28.8 Å². The number of nitrogens with zero attached hydrogens (tertiary/aromatic N) is 3. The van der Waals surface area contributed by atoms with E-state index in [-0.39, 0.29) is 30.7 Å². The van der Waals surface area contributed by atoms with Crippen molar-refractivity contribution in [1.82, 2.24) is 24.8 Å². The van der Waals surface area contributed by atoms with Crippen LogP contribution in [0, 0.1) is 0 Å². The van der Waals surface area contributed by atoms with Gasteiger partial charge in [0, 0.05) is 35.8 Å². The van der Waals surface area contributed by atoms with E-state index in [0.717, 1.165) is 47.7 Å². The van der Waals surface area contributed by atoms with Gasteiger partial charge in [-0.2, -0.15) is 0 Å². The molecular formula is C30H34N6O4S. The Morgan fingerprint density at radius 1 is 1.20 bits per heavy atom. The summed E-state index contributed by atoms with van der Waals surface area (Å²) in [6.07, 6.45) is 4.68. The molecule has 2 aliphatic rings. The lowest BCUT2D eigenvalue weighted by Gasteiger charge is -2.34. The summed E-state index contributed by atoms with van der Waals surface area (Å²) in [7, 11) is 2.12. The highest BCUT2D eigenvalue weighted by atomic mass is 32.2. The fourth-order valence-corrected chi connectivity index (χ4v) is 6.18. The summed E-state index contributed by atoms with van der Waals surface area (Å²) in [4.78, 5) is 42.2. The zero-order valence-corrected chi connectivity index (χ0v) is 24.0. The van der Waals surface area contributed by atoms with Gasteiger partial charge in [-0.15, -0.1) is 11.8 Å². The van der Waals surface area contributed by atoms with Crippen molar-refractivity contribution in [3.63, 3.8) is 0 Å². The van der Waals surface area contributed by atoms with Gasteiger partial charge < -0.3 is 34.9 Å². The van der Waals surface area contributed by atoms with Crippen molar-refractivity contribution in [2.75, 3.05) is 44.9 Å². The molecule has 1 saturated heterocycles. The lowest BCUT2D eigenvalue weighted by atomic mass is 10.0. The van der Waals surface area contributed by atoms with Gasteiger partial charge in [-0.25, -0.2) is 4.98 Å². The van der Waals surface area contributed by atoms with Gasteiger partial charge in [-0.05, 0) is 75.1 Å². The molecule has 0 spiro atoms. The molecule has 4 heterocycles. The molecule has 0 radical (unpaired) electrons. The van der Waals surface area contributed by atoms with E-state index in [4.69, 9.17) is 9.72 Å². The summed E-state index contributed by atoms with van der Waals surface area (Å²) in [5, 5.41) is 13.8. The number of amides is 1. The second kappa shape index (κ2) is 11.6. The Balaban J connectivity index is 1.18. The van der Waals surface area contributed by atoms with Crippen molar-refractivity contribution >= 4 is 34.4 Å². The molecule has 0 bridgehead atoms. The molecule has 2 aromatic heterocycles. The highest BCUT2D eigenvalue weighted by molar-refractivity contribution is 7.98. The fraction of sp³-hybridized carbons (Fsp3) is 0.367. The number of aromatic amines is 2. The van der Waals surface area contributed by atoms with Crippen LogP contribution in [0.2, 0.25) is 0 Å². The molecule has 4 aromatic rings. The number of carbonyl (C=O) groups excluding carboxylic acids is 1. The number of aromatic nitrogens is 3. The first-order chi connectivity index (χ1) is 19.9. The maximum Gasteiger partial charge on any atom is 0.261 e. The van der Waals surface area contributed by atoms with Gasteiger partial charge in [0.2, 0.25) is 0 Å². The van der Waals surface area contributed by atoms with Gasteiger partial charge in [0.15, 0.2) is 0 Å². The third-order valence-electron chi connectivity index (χ3n) is 7.89. The lowest BCUT2D eigenvalue weighted by Crippen LogP contribution is -2.43. The minimum atomic E-state index is -0.811. The molecule has 214 valence electrons. The number of rotatable bonds is 9. The van der Waals surface area contributed by atoms with Gasteiger partial charge in [0.1, 0.15) is 29.8 Å². The summed E-state index contributed by atoms with van der Waals surface area (Å²) < 4.78 is 5.82. The van der Waals surface area contributed by atoms with Crippen molar-refractivity contribution in [2.24, 2.45) is 0 Å². The Bertz CT molecular complexity index is 1630. The number of carbonyl (C=O) groups is 1. The standard InChI is InChI=1S/C30H34N6O4S/c1-35-11-8-19(9-12-35)36-16-18-13-23-24(14-21(18)30(36)39)34-28(33-23)27-22(7-10-31-29(27)38)32-15-20(37)17-40-25-5-3-4-6-26(25)41-2/h3-7,10,13-14,19-20,37H,8-9,11-12,15-17H2,1-2H3,(H,33,34)(H2,31,32,38). The Hall–Kier alpha value is -3.80. The average Bonchev–Trinajstić information content (AvgIpc) is 3.54. The van der Waals surface area contributed by atoms with E-state index in [1.54, 1.807) is 24.0 Å². The normalized spacial score (nSPS) is 16.8. The minimum absolute atomic E-state index is 0.0530. The van der Waals surface area contributed by atoms with Crippen molar-refractivity contribution in [3.05, 3.63) is 70.1 Å². The molecule has 4 N–H and O–H groups in total. The van der Waals surface area contributed by atoms with Crippen LogP contribution in [0.3, 0.4) is 0 Å². The number of para-hydroxylation sites is 1. The van der Waals surface area contributed by atoms with Crippen LogP contribution in [0.15, 0.2) is 58.4 Å². The number of nitrogens with one attached hydrogen (secondary N) is 3. The first-order valence-corrected chi connectivity index (χ1v) is 15.1. The SMILES string of the molecule is CSc1ccccc1OCC(O)CNc1cc[nH]c(=O)c1-c1nc2cc3c(cc2[nH]1)CN(C1CCN(C)CC1)C3=O. The van der Waals surface area contributed by atoms with E-state index in [0.29, 0.717) is 34.7 Å². The van der Waals surface area contributed by atoms with Crippen molar-refractivity contribution in [3.8, 4) is 17.1 Å². The number of hydrogen-bond acceptors (Lipinski definition) is 8. The lowest BCUT2D eigenvalue weighted by molar-refractivity contribution is 0.0617. The molecule has 10 nitrogen and oxygen atoms in total. The number of ether oxygens (including phenoxy) is 1. The number of aliphatic hydroxyl groups excluding tert-OH is 1. The quantitative estimate of drug-likeness (QED) is 0.224. The Labute approximate surface area is 242 Å². The van der Waals surface area contributed by atoms with Gasteiger partial charge in [-0.3, -0.25) is 9.59 Å². The van der Waals surface area contributed by atoms with Crippen LogP contribution in [0.5, 0.6) is 5.75 Å². The zero-order chi connectivity index (χ0) is 28.5. The monoisotopic (exact) mass is 574 g/mol. The summed E-state index contributed by atoms with van der Waals surface area (Å²) in [6, 6.07) is 13.5. The van der Waals surface area contributed by atoms with E-state index in [1.165, 1.54) is 0 Å². The van der Waals surface area contributed by atoms with Gasteiger partial charge in [0.05, 0.1) is 16.7 Å². The molecule has 1 amide bonds. The number of pyridine rings is 1. The average molecular weight is 575 g/mol. The summed E-state index contributed by atoms with van der Waals surface area (Å²) in [6.45, 7) is 2.85. The molecule has 11 heteroatoms. The molecule has 2 aromatic carbocycles. The maximum atomic E-state index is 13.3. The van der Waals surface area contributed by atoms with E-state index >= 15 is 0 Å². The minimum Gasteiger partial charge on any atom is -0.490 e. The van der Waals surface area contributed by atoms with Crippen LogP contribution in [-0.2, 0) is 6.54 Å². The smallest absolute Gasteiger partial charge is 0.261 e. The molecule has 6 rings (SSSR count). The molecule has 2 aliphatic heterocycles. The highest BCUT2D eigenvalue weighted by Gasteiger charge is 2.34. The second-order valence-electron chi connectivity index (χ2n) is 10.7. The number of aliphatic hydroxyl groups is 1. The van der Waals surface area contributed by atoms with Gasteiger partial charge >= 0.3 is 0 Å². The molecule has 41 heavy (non-hydrogen) atoms. The second-order valence-corrected chi connectivity index (χ2v) is 11.5. The number of benzene rings is 2. The number of piperidine rings is 1. The van der Waals surface area contributed by atoms with Gasteiger partial charge in [0.25, 0.3) is 11.5 Å². The van der Waals surface area contributed by atoms with Crippen LogP contribution in [0.4, 0.5) is 5.69 Å². The highest BCUT2D eigenvalue weighted by Crippen LogP contribution is 2.33. The third-order valence-corrected chi connectivity index (χ3v) is 8.67. The summed E-state index contributed by atoms with van der Waals surface area (Å²) in [5.74, 6) is 1.17. The third kappa shape index (κ3) is 5.57. The van der Waals surface area contributed by atoms with Crippen LogP contribution >= 0.6 is 11.8 Å². The number of likely N-dealkylation sites (tertiary alicyclic amines) is 1. The van der Waals surface area contributed by atoms with E-state index in [1.807, 2.05) is 47.6 Å². The number of hydrogen-bond donors (Lipinski definition) is 4. The Morgan fingerprint density at radius 2 is 2.00 bits per heavy atom. The topological polar surface area (TPSA) is 127 Å². The van der Waals surface area contributed by atoms with Crippen LogP contribution in [-0.4, -0.2) is 87.5 Å². The van der Waals surface area contributed by atoms with Crippen molar-refractivity contribution in [2.45, 2.75) is 36.4 Å². The maximum absolute atomic E-state index is 13.3. The first kappa shape index (κ1) is 27.4. The number of imidazole rings is 1. The molecule has 1 unspecified atom stereocenters. The summed E-state index contributed by atoms with van der Waals surface area (Å²) >= 11 is 1.58. The van der Waals surface area contributed by atoms with Crippen molar-refractivity contribution in [1.29, 1.82) is 0 Å². The summed E-state index contributed by atoms with van der Waals surface area (Å²) in [5.41, 5.74) is 3.62. The number of anilines is 1. The Kier molecular flexibility index (Phi) is 7.74. The predicted octanol–water partition coefficient (Wildman–Crippen LogP) is 3.54.